The van der Waals surface area contributed by atoms with E-state index in [1.54, 1.807) is 17.4 Å². The van der Waals surface area contributed by atoms with Crippen LogP contribution in [0.3, 0.4) is 0 Å². The summed E-state index contributed by atoms with van der Waals surface area (Å²) < 4.78 is 16.7. The molecule has 3 rings (SSSR count). The van der Waals surface area contributed by atoms with Crippen LogP contribution in [0.25, 0.3) is 11.0 Å². The second kappa shape index (κ2) is 5.42. The average molecular weight is 371 g/mol. The van der Waals surface area contributed by atoms with Gasteiger partial charge in [-0.2, -0.15) is 0 Å². The highest BCUT2D eigenvalue weighted by Crippen LogP contribution is 2.26. The summed E-state index contributed by atoms with van der Waals surface area (Å²) in [5, 5.41) is 2.10. The number of benzene rings is 1. The van der Waals surface area contributed by atoms with Crippen LogP contribution < -0.4 is 0 Å². The Labute approximate surface area is 133 Å². The fourth-order valence-corrected chi connectivity index (χ4v) is 3.84. The van der Waals surface area contributed by atoms with Crippen molar-refractivity contribution in [3.63, 3.8) is 0 Å². The maximum atomic E-state index is 13.6. The van der Waals surface area contributed by atoms with Crippen LogP contribution in [0.2, 0.25) is 0 Å². The van der Waals surface area contributed by atoms with Gasteiger partial charge >= 0.3 is 0 Å². The van der Waals surface area contributed by atoms with E-state index >= 15 is 0 Å². The second-order valence-electron chi connectivity index (χ2n) is 4.52. The third-order valence-electron chi connectivity index (χ3n) is 3.34. The fourth-order valence-electron chi connectivity index (χ4n) is 2.27. The quantitative estimate of drug-likeness (QED) is 0.622. The molecule has 2 nitrogen and oxygen atoms in total. The Morgan fingerprint density at radius 1 is 1.45 bits per heavy atom. The molecule has 0 bridgehead atoms. The van der Waals surface area contributed by atoms with Crippen LogP contribution >= 0.6 is 39.5 Å². The Kier molecular flexibility index (Phi) is 3.79. The number of fused-ring (bicyclic) bond motifs is 1. The Morgan fingerprint density at radius 3 is 3.00 bits per heavy atom. The number of imidazole rings is 1. The van der Waals surface area contributed by atoms with E-state index in [0.29, 0.717) is 9.24 Å². The van der Waals surface area contributed by atoms with Crippen molar-refractivity contribution in [1.29, 1.82) is 0 Å². The molecule has 1 N–H and O–H groups in total. The van der Waals surface area contributed by atoms with Crippen LogP contribution in [0.15, 0.2) is 28.1 Å². The maximum Gasteiger partial charge on any atom is 0.178 e. The second-order valence-corrected chi connectivity index (χ2v) is 6.76. The van der Waals surface area contributed by atoms with Crippen molar-refractivity contribution in [1.82, 2.24) is 9.55 Å². The maximum absolute atomic E-state index is 13.6. The molecular formula is C14H12BrFN2S2. The van der Waals surface area contributed by atoms with Crippen molar-refractivity contribution in [3.8, 4) is 0 Å². The predicted octanol–water partition coefficient (Wildman–Crippen LogP) is 5.27. The van der Waals surface area contributed by atoms with Gasteiger partial charge in [-0.25, -0.2) is 4.39 Å². The Hall–Kier alpha value is -0.980. The lowest BCUT2D eigenvalue weighted by molar-refractivity contribution is 0.622. The number of aromatic nitrogens is 2. The molecule has 2 aromatic heterocycles. The van der Waals surface area contributed by atoms with Gasteiger partial charge in [0.15, 0.2) is 4.77 Å². The highest BCUT2D eigenvalue weighted by molar-refractivity contribution is 9.10. The minimum absolute atomic E-state index is 0.286. The average Bonchev–Trinajstić information content (AvgIpc) is 2.97. The molecule has 0 aliphatic rings. The van der Waals surface area contributed by atoms with Crippen LogP contribution in [-0.2, 0) is 13.0 Å². The summed E-state index contributed by atoms with van der Waals surface area (Å²) in [7, 11) is 0. The molecule has 0 atom stereocenters. The fraction of sp³-hybridized carbons (Fsp3) is 0.214. The molecule has 0 unspecified atom stereocenters. The van der Waals surface area contributed by atoms with Crippen molar-refractivity contribution in [2.45, 2.75) is 19.9 Å². The molecule has 0 saturated heterocycles. The lowest BCUT2D eigenvalue weighted by atomic mass is 10.2. The standard InChI is InChI=1S/C14H12BrFN2S2/c1-2-8-3-4-20-13(8)7-18-12-5-9(15)10(16)6-11(12)17-14(18)19/h3-6H,2,7H2,1H3,(H,17,19). The third-order valence-corrected chi connectivity index (χ3v) is 5.21. The summed E-state index contributed by atoms with van der Waals surface area (Å²) in [6.45, 7) is 2.86. The summed E-state index contributed by atoms with van der Waals surface area (Å²) in [5.41, 5.74) is 2.98. The van der Waals surface area contributed by atoms with Crippen LogP contribution in [0.5, 0.6) is 0 Å². The van der Waals surface area contributed by atoms with Gasteiger partial charge in [0, 0.05) is 10.9 Å². The first-order valence-corrected chi connectivity index (χ1v) is 8.31. The van der Waals surface area contributed by atoms with E-state index in [0.717, 1.165) is 24.0 Å². The monoisotopic (exact) mass is 370 g/mol. The number of rotatable bonds is 3. The van der Waals surface area contributed by atoms with Gasteiger partial charge < -0.3 is 9.55 Å². The molecule has 6 heteroatoms. The number of aryl methyl sites for hydroxylation is 1. The van der Waals surface area contributed by atoms with Gasteiger partial charge in [-0.05, 0) is 57.6 Å². The Balaban J connectivity index is 2.14. The minimum atomic E-state index is -0.286. The highest BCUT2D eigenvalue weighted by Gasteiger charge is 2.11. The summed E-state index contributed by atoms with van der Waals surface area (Å²) >= 11 is 10.3. The smallest absolute Gasteiger partial charge is 0.178 e. The van der Waals surface area contributed by atoms with Gasteiger partial charge in [0.05, 0.1) is 22.1 Å². The molecule has 104 valence electrons. The SMILES string of the molecule is CCc1ccsc1Cn1c(=S)[nH]c2cc(F)c(Br)cc21. The lowest BCUT2D eigenvalue weighted by Gasteiger charge is -2.05. The van der Waals surface area contributed by atoms with E-state index in [4.69, 9.17) is 12.2 Å². The van der Waals surface area contributed by atoms with E-state index < -0.39 is 0 Å². The van der Waals surface area contributed by atoms with Crippen LogP contribution in [-0.4, -0.2) is 9.55 Å². The summed E-state index contributed by atoms with van der Waals surface area (Å²) in [6.07, 6.45) is 1.01. The first-order valence-electron chi connectivity index (χ1n) is 6.23. The Bertz CT molecular complexity index is 831. The van der Waals surface area contributed by atoms with Crippen LogP contribution in [0, 0.1) is 10.6 Å². The van der Waals surface area contributed by atoms with E-state index in [1.165, 1.54) is 16.5 Å². The molecule has 0 aliphatic heterocycles. The number of aromatic amines is 1. The number of halogens is 2. The van der Waals surface area contributed by atoms with Crippen molar-refractivity contribution < 1.29 is 4.39 Å². The summed E-state index contributed by atoms with van der Waals surface area (Å²) in [4.78, 5) is 4.36. The molecule has 2 heterocycles. The summed E-state index contributed by atoms with van der Waals surface area (Å²) in [6, 6.07) is 5.39. The summed E-state index contributed by atoms with van der Waals surface area (Å²) in [5.74, 6) is -0.286. The van der Waals surface area contributed by atoms with Crippen molar-refractivity contribution in [3.05, 3.63) is 49.1 Å². The third kappa shape index (κ3) is 2.36. The topological polar surface area (TPSA) is 20.7 Å². The zero-order chi connectivity index (χ0) is 14.3. The highest BCUT2D eigenvalue weighted by atomic mass is 79.9. The number of H-pyrrole nitrogens is 1. The number of hydrogen-bond donors (Lipinski definition) is 1. The molecule has 0 aliphatic carbocycles. The van der Waals surface area contributed by atoms with E-state index in [9.17, 15) is 4.39 Å². The van der Waals surface area contributed by atoms with Crippen molar-refractivity contribution in [2.75, 3.05) is 0 Å². The van der Waals surface area contributed by atoms with Gasteiger partial charge in [0.2, 0.25) is 0 Å². The van der Waals surface area contributed by atoms with Crippen LogP contribution in [0.1, 0.15) is 17.4 Å². The van der Waals surface area contributed by atoms with Crippen molar-refractivity contribution >= 4 is 50.5 Å². The van der Waals surface area contributed by atoms with E-state index in [2.05, 4.69) is 39.3 Å². The minimum Gasteiger partial charge on any atom is -0.330 e. The number of nitrogens with zero attached hydrogens (tertiary/aromatic N) is 1. The molecule has 20 heavy (non-hydrogen) atoms. The zero-order valence-corrected chi connectivity index (χ0v) is 14.0. The number of nitrogens with one attached hydrogen (secondary N) is 1. The first-order chi connectivity index (χ1) is 9.60. The van der Waals surface area contributed by atoms with Crippen LogP contribution in [0.4, 0.5) is 4.39 Å². The van der Waals surface area contributed by atoms with Gasteiger partial charge in [0.1, 0.15) is 5.82 Å². The largest absolute Gasteiger partial charge is 0.330 e. The normalized spacial score (nSPS) is 11.3. The van der Waals surface area contributed by atoms with E-state index in [1.807, 2.05) is 4.57 Å². The Morgan fingerprint density at radius 2 is 2.25 bits per heavy atom. The zero-order valence-electron chi connectivity index (χ0n) is 10.7. The predicted molar refractivity (Wildman–Crippen MR) is 87.6 cm³/mol. The number of hydrogen-bond acceptors (Lipinski definition) is 2. The van der Waals surface area contributed by atoms with Gasteiger partial charge in [-0.15, -0.1) is 11.3 Å². The lowest BCUT2D eigenvalue weighted by Crippen LogP contribution is -2.00. The van der Waals surface area contributed by atoms with Gasteiger partial charge in [0.25, 0.3) is 0 Å². The molecule has 0 saturated carbocycles. The number of thiophene rings is 1. The molecular weight excluding hydrogens is 359 g/mol. The molecule has 3 aromatic rings. The van der Waals surface area contributed by atoms with Gasteiger partial charge in [-0.1, -0.05) is 6.92 Å². The van der Waals surface area contributed by atoms with Crippen molar-refractivity contribution in [2.24, 2.45) is 0 Å². The first kappa shape index (κ1) is 14.0. The molecule has 0 spiro atoms. The molecule has 0 radical (unpaired) electrons. The molecule has 0 amide bonds. The van der Waals surface area contributed by atoms with Gasteiger partial charge in [-0.3, -0.25) is 0 Å². The molecule has 0 fully saturated rings. The van der Waals surface area contributed by atoms with E-state index in [-0.39, 0.29) is 5.82 Å². The molecule has 1 aromatic carbocycles.